The number of aliphatic imine (C=N–C) groups is 1. The molecule has 1 aliphatic heterocycles. The molecular weight excluding hydrogens is 418 g/mol. The zero-order valence-electron chi connectivity index (χ0n) is 18.6. The molecule has 0 unspecified atom stereocenters. The van der Waals surface area contributed by atoms with E-state index in [9.17, 15) is 4.79 Å². The Morgan fingerprint density at radius 1 is 0.879 bits per heavy atom. The quantitative estimate of drug-likeness (QED) is 0.258. The van der Waals surface area contributed by atoms with Crippen LogP contribution < -0.4 is 14.2 Å². The van der Waals surface area contributed by atoms with Gasteiger partial charge in [-0.25, -0.2) is 9.79 Å². The number of ether oxygens (including phenoxy) is 4. The molecule has 0 aromatic heterocycles. The van der Waals surface area contributed by atoms with Crippen molar-refractivity contribution in [3.63, 3.8) is 0 Å². The van der Waals surface area contributed by atoms with Crippen LogP contribution in [0.25, 0.3) is 6.08 Å². The monoisotopic (exact) mass is 443 g/mol. The lowest BCUT2D eigenvalue weighted by Gasteiger charge is -2.13. The molecule has 6 heteroatoms. The van der Waals surface area contributed by atoms with Gasteiger partial charge in [0.1, 0.15) is 19.0 Å². The smallest absolute Gasteiger partial charge is 0.363 e. The predicted octanol–water partition coefficient (Wildman–Crippen LogP) is 5.20. The van der Waals surface area contributed by atoms with Crippen LogP contribution in [0.2, 0.25) is 0 Å². The number of nitrogens with zero attached hydrogens (tertiary/aromatic N) is 1. The van der Waals surface area contributed by atoms with Gasteiger partial charge < -0.3 is 18.9 Å². The summed E-state index contributed by atoms with van der Waals surface area (Å²) in [5.41, 5.74) is 2.92. The van der Waals surface area contributed by atoms with Gasteiger partial charge in [0.15, 0.2) is 17.2 Å². The average Bonchev–Trinajstić information content (AvgIpc) is 3.20. The summed E-state index contributed by atoms with van der Waals surface area (Å²) in [5, 5.41) is 0. The molecule has 0 fully saturated rings. The first-order valence-corrected chi connectivity index (χ1v) is 10.8. The highest BCUT2D eigenvalue weighted by Crippen LogP contribution is 2.30. The fourth-order valence-corrected chi connectivity index (χ4v) is 3.22. The molecule has 6 nitrogen and oxygen atoms in total. The molecule has 1 aliphatic rings. The molecule has 0 saturated carbocycles. The SMILES string of the molecule is CCOc1cc(/C=C2\N=C(c3ccccc3)OC2=O)ccc1OCCOc1ccc(C)cc1. The molecule has 4 rings (SSSR count). The molecule has 0 bridgehead atoms. The van der Waals surface area contributed by atoms with Crippen molar-refractivity contribution < 1.29 is 23.7 Å². The van der Waals surface area contributed by atoms with Gasteiger partial charge in [0.2, 0.25) is 5.90 Å². The Balaban J connectivity index is 1.43. The summed E-state index contributed by atoms with van der Waals surface area (Å²) in [6.45, 7) is 5.19. The van der Waals surface area contributed by atoms with E-state index in [1.165, 1.54) is 5.56 Å². The minimum atomic E-state index is -0.486. The maximum absolute atomic E-state index is 12.3. The maximum atomic E-state index is 12.3. The molecule has 0 amide bonds. The number of aryl methyl sites for hydroxylation is 1. The van der Waals surface area contributed by atoms with Gasteiger partial charge in [0.05, 0.1) is 6.61 Å². The van der Waals surface area contributed by atoms with Crippen LogP contribution in [0.15, 0.2) is 83.5 Å². The minimum absolute atomic E-state index is 0.233. The van der Waals surface area contributed by atoms with Crippen molar-refractivity contribution in [3.05, 3.63) is 95.2 Å². The average molecular weight is 443 g/mol. The second-order valence-electron chi connectivity index (χ2n) is 7.35. The Labute approximate surface area is 193 Å². The maximum Gasteiger partial charge on any atom is 0.363 e. The summed E-state index contributed by atoms with van der Waals surface area (Å²) in [5.74, 6) is 1.80. The van der Waals surface area contributed by atoms with E-state index in [1.807, 2.05) is 86.6 Å². The van der Waals surface area contributed by atoms with Crippen LogP contribution in [0.4, 0.5) is 0 Å². The van der Waals surface area contributed by atoms with Gasteiger partial charge in [-0.15, -0.1) is 0 Å². The van der Waals surface area contributed by atoms with Crippen molar-refractivity contribution in [3.8, 4) is 17.2 Å². The third-order valence-corrected chi connectivity index (χ3v) is 4.84. The Bertz CT molecular complexity index is 1170. The molecule has 3 aromatic carbocycles. The highest BCUT2D eigenvalue weighted by Gasteiger charge is 2.24. The molecule has 33 heavy (non-hydrogen) atoms. The molecule has 0 saturated heterocycles. The molecule has 1 heterocycles. The lowest BCUT2D eigenvalue weighted by atomic mass is 10.1. The first-order valence-electron chi connectivity index (χ1n) is 10.8. The lowest BCUT2D eigenvalue weighted by Crippen LogP contribution is -2.10. The first kappa shape index (κ1) is 22.1. The van der Waals surface area contributed by atoms with E-state index in [4.69, 9.17) is 18.9 Å². The number of hydrogen-bond donors (Lipinski definition) is 0. The van der Waals surface area contributed by atoms with Crippen molar-refractivity contribution in [2.45, 2.75) is 13.8 Å². The Morgan fingerprint density at radius 3 is 2.39 bits per heavy atom. The van der Waals surface area contributed by atoms with Gasteiger partial charge in [-0.3, -0.25) is 0 Å². The standard InChI is InChI=1S/C27H25NO5/c1-3-30-25-18-20(17-23-27(29)33-26(28-23)21-7-5-4-6-8-21)11-14-24(25)32-16-15-31-22-12-9-19(2)10-13-22/h4-14,17-18H,3,15-16H2,1-2H3/b23-17-. The van der Waals surface area contributed by atoms with E-state index < -0.39 is 5.97 Å². The van der Waals surface area contributed by atoms with E-state index in [-0.39, 0.29) is 5.70 Å². The van der Waals surface area contributed by atoms with Gasteiger partial charge in [0, 0.05) is 5.56 Å². The number of carbonyl (C=O) groups excluding carboxylic acids is 1. The van der Waals surface area contributed by atoms with E-state index in [0.717, 1.165) is 16.9 Å². The third-order valence-electron chi connectivity index (χ3n) is 4.84. The van der Waals surface area contributed by atoms with Gasteiger partial charge >= 0.3 is 5.97 Å². The summed E-state index contributed by atoms with van der Waals surface area (Å²) < 4.78 is 22.6. The van der Waals surface area contributed by atoms with Crippen molar-refractivity contribution >= 4 is 17.9 Å². The van der Waals surface area contributed by atoms with E-state index in [0.29, 0.717) is 37.2 Å². The predicted molar refractivity (Wildman–Crippen MR) is 127 cm³/mol. The first-order chi connectivity index (χ1) is 16.1. The molecular formula is C27H25NO5. The van der Waals surface area contributed by atoms with Crippen LogP contribution in [0, 0.1) is 6.92 Å². The van der Waals surface area contributed by atoms with E-state index in [1.54, 1.807) is 6.08 Å². The van der Waals surface area contributed by atoms with Crippen molar-refractivity contribution in [1.29, 1.82) is 0 Å². The summed E-state index contributed by atoms with van der Waals surface area (Å²) in [6.07, 6.45) is 1.67. The summed E-state index contributed by atoms with van der Waals surface area (Å²) in [6, 6.07) is 22.7. The number of rotatable bonds is 9. The molecule has 0 aliphatic carbocycles. The Hall–Kier alpha value is -4.06. The molecule has 3 aromatic rings. The molecule has 168 valence electrons. The highest BCUT2D eigenvalue weighted by atomic mass is 16.6. The fourth-order valence-electron chi connectivity index (χ4n) is 3.22. The van der Waals surface area contributed by atoms with Crippen LogP contribution >= 0.6 is 0 Å². The van der Waals surface area contributed by atoms with Gasteiger partial charge in [0.25, 0.3) is 0 Å². The number of esters is 1. The number of cyclic esters (lactones) is 1. The van der Waals surface area contributed by atoms with Crippen LogP contribution in [0.3, 0.4) is 0 Å². The molecule has 0 N–H and O–H groups in total. The minimum Gasteiger partial charge on any atom is -0.490 e. The topological polar surface area (TPSA) is 66.4 Å². The normalized spacial score (nSPS) is 14.1. The number of benzene rings is 3. The number of hydrogen-bond acceptors (Lipinski definition) is 6. The second-order valence-corrected chi connectivity index (χ2v) is 7.35. The third kappa shape index (κ3) is 5.80. The Kier molecular flexibility index (Phi) is 7.05. The van der Waals surface area contributed by atoms with Crippen LogP contribution in [-0.2, 0) is 9.53 Å². The lowest BCUT2D eigenvalue weighted by molar-refractivity contribution is -0.129. The highest BCUT2D eigenvalue weighted by molar-refractivity contribution is 6.12. The molecule has 0 radical (unpaired) electrons. The summed E-state index contributed by atoms with van der Waals surface area (Å²) in [4.78, 5) is 16.6. The molecule has 0 atom stereocenters. The van der Waals surface area contributed by atoms with Crippen LogP contribution in [0.5, 0.6) is 17.2 Å². The van der Waals surface area contributed by atoms with Gasteiger partial charge in [-0.2, -0.15) is 0 Å². The van der Waals surface area contributed by atoms with Gasteiger partial charge in [-0.05, 0) is 61.9 Å². The van der Waals surface area contributed by atoms with Crippen LogP contribution in [-0.4, -0.2) is 31.7 Å². The van der Waals surface area contributed by atoms with Crippen molar-refractivity contribution in [2.24, 2.45) is 4.99 Å². The summed E-state index contributed by atoms with van der Waals surface area (Å²) >= 11 is 0. The van der Waals surface area contributed by atoms with Crippen LogP contribution in [0.1, 0.15) is 23.6 Å². The summed E-state index contributed by atoms with van der Waals surface area (Å²) in [7, 11) is 0. The van der Waals surface area contributed by atoms with Crippen molar-refractivity contribution in [2.75, 3.05) is 19.8 Å². The zero-order chi connectivity index (χ0) is 23.0. The largest absolute Gasteiger partial charge is 0.490 e. The van der Waals surface area contributed by atoms with E-state index in [2.05, 4.69) is 4.99 Å². The number of carbonyl (C=O) groups is 1. The molecule has 0 spiro atoms. The van der Waals surface area contributed by atoms with Crippen molar-refractivity contribution in [1.82, 2.24) is 0 Å². The zero-order valence-corrected chi connectivity index (χ0v) is 18.6. The fraction of sp³-hybridized carbons (Fsp3) is 0.185. The Morgan fingerprint density at radius 2 is 1.64 bits per heavy atom. The van der Waals surface area contributed by atoms with E-state index >= 15 is 0 Å². The second kappa shape index (κ2) is 10.5. The van der Waals surface area contributed by atoms with Gasteiger partial charge in [-0.1, -0.05) is 42.0 Å².